The summed E-state index contributed by atoms with van der Waals surface area (Å²) in [6.45, 7) is 5.35. The summed E-state index contributed by atoms with van der Waals surface area (Å²) in [5.74, 6) is 0.350. The van der Waals surface area contributed by atoms with Gasteiger partial charge in [0.05, 0.1) is 12.3 Å². The molecule has 0 spiro atoms. The van der Waals surface area contributed by atoms with Gasteiger partial charge in [-0.3, -0.25) is 9.80 Å². The number of rotatable bonds is 7. The minimum atomic E-state index is -0.529. The van der Waals surface area contributed by atoms with Crippen LogP contribution in [0.25, 0.3) is 0 Å². The van der Waals surface area contributed by atoms with E-state index in [1.54, 1.807) is 11.9 Å². The van der Waals surface area contributed by atoms with E-state index >= 15 is 0 Å². The fourth-order valence-corrected chi connectivity index (χ4v) is 4.99. The monoisotopic (exact) mass is 426 g/mol. The Morgan fingerprint density at radius 2 is 1.81 bits per heavy atom. The van der Waals surface area contributed by atoms with Crippen molar-refractivity contribution in [1.82, 2.24) is 10.2 Å². The van der Waals surface area contributed by atoms with Crippen LogP contribution in [0.15, 0.2) is 35.4 Å². The highest BCUT2D eigenvalue weighted by atomic mass is 16.5. The third-order valence-electron chi connectivity index (χ3n) is 6.67. The Hall–Kier alpha value is -2.41. The number of nitrogens with one attached hydrogen (secondary N) is 1. The maximum Gasteiger partial charge on any atom is 0.354 e. The Kier molecular flexibility index (Phi) is 7.22. The van der Waals surface area contributed by atoms with Crippen molar-refractivity contribution in [2.45, 2.75) is 64.0 Å². The zero-order valence-corrected chi connectivity index (χ0v) is 18.5. The lowest BCUT2D eigenvalue weighted by atomic mass is 10.0. The lowest BCUT2D eigenvalue weighted by molar-refractivity contribution is -0.135. The largest absolute Gasteiger partial charge is 0.461 e. The number of carbonyl (C=O) groups excluding carboxylic acids is 2. The quantitative estimate of drug-likeness (QED) is 0.679. The molecular formula is C24H34N4O3. The van der Waals surface area contributed by atoms with Crippen molar-refractivity contribution in [2.24, 2.45) is 11.0 Å². The van der Waals surface area contributed by atoms with Gasteiger partial charge in [0.25, 0.3) is 0 Å². The number of amides is 1. The molecular weight excluding hydrogens is 392 g/mol. The molecule has 0 bridgehead atoms. The van der Waals surface area contributed by atoms with E-state index in [0.29, 0.717) is 12.3 Å². The van der Waals surface area contributed by atoms with Gasteiger partial charge in [-0.25, -0.2) is 4.79 Å². The van der Waals surface area contributed by atoms with Crippen molar-refractivity contribution in [2.75, 3.05) is 31.3 Å². The van der Waals surface area contributed by atoms with E-state index in [1.165, 1.54) is 32.2 Å². The highest BCUT2D eigenvalue weighted by Crippen LogP contribution is 2.27. The van der Waals surface area contributed by atoms with Crippen molar-refractivity contribution < 1.29 is 14.3 Å². The van der Waals surface area contributed by atoms with Gasteiger partial charge in [-0.2, -0.15) is 5.10 Å². The number of carbonyl (C=O) groups is 2. The average molecular weight is 427 g/mol. The lowest BCUT2D eigenvalue weighted by Gasteiger charge is -2.34. The van der Waals surface area contributed by atoms with E-state index in [1.807, 2.05) is 30.3 Å². The Bertz CT molecular complexity index is 783. The molecule has 31 heavy (non-hydrogen) atoms. The Morgan fingerprint density at radius 3 is 2.48 bits per heavy atom. The molecule has 168 valence electrons. The molecule has 1 aliphatic carbocycles. The van der Waals surface area contributed by atoms with E-state index in [9.17, 15) is 9.59 Å². The normalized spacial score (nSPS) is 23.1. The highest BCUT2D eigenvalue weighted by molar-refractivity contribution is 6.38. The predicted octanol–water partition coefficient (Wildman–Crippen LogP) is 2.96. The van der Waals surface area contributed by atoms with Crippen molar-refractivity contribution in [3.05, 3.63) is 30.3 Å². The van der Waals surface area contributed by atoms with Crippen LogP contribution in [-0.2, 0) is 14.3 Å². The molecule has 1 aromatic carbocycles. The number of hydrazone groups is 1. The Balaban J connectivity index is 1.35. The van der Waals surface area contributed by atoms with Crippen LogP contribution >= 0.6 is 0 Å². The predicted molar refractivity (Wildman–Crippen MR) is 121 cm³/mol. The number of nitrogens with zero attached hydrogens (tertiary/aromatic N) is 3. The van der Waals surface area contributed by atoms with Crippen molar-refractivity contribution in [3.63, 3.8) is 0 Å². The van der Waals surface area contributed by atoms with Gasteiger partial charge < -0.3 is 15.0 Å². The van der Waals surface area contributed by atoms with E-state index in [4.69, 9.17) is 4.74 Å². The maximum atomic E-state index is 13.2. The molecule has 0 radical (unpaired) electrons. The van der Waals surface area contributed by atoms with Gasteiger partial charge in [0.2, 0.25) is 5.91 Å². The van der Waals surface area contributed by atoms with E-state index in [2.05, 4.69) is 15.3 Å². The third-order valence-corrected chi connectivity index (χ3v) is 6.67. The molecule has 1 saturated carbocycles. The van der Waals surface area contributed by atoms with Crippen LogP contribution in [0.1, 0.15) is 51.9 Å². The second-order valence-electron chi connectivity index (χ2n) is 8.90. The number of anilines is 1. The molecule has 2 aliphatic heterocycles. The standard InChI is InChI=1S/C24H34N4O3/c1-2-31-24(30)21-16-22(28(26-21)20-10-4-3-5-11-20)23(29)25-19-12-14-27(15-13-19)17-18-8-6-7-9-18/h3-5,10-11,18-19,22H,2,6-9,12-17H2,1H3,(H,25,29). The van der Waals surface area contributed by atoms with Crippen molar-refractivity contribution in [3.8, 4) is 0 Å². The summed E-state index contributed by atoms with van der Waals surface area (Å²) in [4.78, 5) is 28.0. The van der Waals surface area contributed by atoms with Gasteiger partial charge in [-0.05, 0) is 50.7 Å². The molecule has 7 heteroatoms. The number of hydrogen-bond acceptors (Lipinski definition) is 6. The van der Waals surface area contributed by atoms with Crippen LogP contribution in [0.2, 0.25) is 0 Å². The number of piperidine rings is 1. The topological polar surface area (TPSA) is 74.2 Å². The molecule has 1 amide bonds. The summed E-state index contributed by atoms with van der Waals surface area (Å²) in [5.41, 5.74) is 1.10. The molecule has 7 nitrogen and oxygen atoms in total. The molecule has 1 N–H and O–H groups in total. The number of hydrogen-bond donors (Lipinski definition) is 1. The minimum absolute atomic E-state index is 0.0684. The summed E-state index contributed by atoms with van der Waals surface area (Å²) in [5, 5.41) is 9.35. The zero-order chi connectivity index (χ0) is 21.6. The third kappa shape index (κ3) is 5.45. The number of ether oxygens (including phenoxy) is 1. The van der Waals surface area contributed by atoms with E-state index in [0.717, 1.165) is 37.5 Å². The summed E-state index contributed by atoms with van der Waals surface area (Å²) in [6.07, 6.45) is 7.72. The van der Waals surface area contributed by atoms with Crippen LogP contribution in [-0.4, -0.2) is 60.8 Å². The van der Waals surface area contributed by atoms with Crippen LogP contribution < -0.4 is 10.3 Å². The first-order chi connectivity index (χ1) is 15.1. The van der Waals surface area contributed by atoms with Crippen LogP contribution in [0.5, 0.6) is 0 Å². The fourth-order valence-electron chi connectivity index (χ4n) is 4.99. The van der Waals surface area contributed by atoms with Crippen LogP contribution in [0, 0.1) is 5.92 Å². The average Bonchev–Trinajstić information content (AvgIpc) is 3.46. The molecule has 1 unspecified atom stereocenters. The first-order valence-corrected chi connectivity index (χ1v) is 11.8. The second-order valence-corrected chi connectivity index (χ2v) is 8.90. The summed E-state index contributed by atoms with van der Waals surface area (Å²) >= 11 is 0. The Morgan fingerprint density at radius 1 is 1.10 bits per heavy atom. The molecule has 0 aromatic heterocycles. The molecule has 2 fully saturated rings. The van der Waals surface area contributed by atoms with Gasteiger partial charge in [0.15, 0.2) is 0 Å². The fraction of sp³-hybridized carbons (Fsp3) is 0.625. The minimum Gasteiger partial charge on any atom is -0.461 e. The van der Waals surface area contributed by atoms with E-state index < -0.39 is 12.0 Å². The van der Waals surface area contributed by atoms with Gasteiger partial charge in [0, 0.05) is 32.1 Å². The highest BCUT2D eigenvalue weighted by Gasteiger charge is 2.38. The number of esters is 1. The first-order valence-electron chi connectivity index (χ1n) is 11.8. The SMILES string of the molecule is CCOC(=O)C1=NN(c2ccccc2)C(C(=O)NC2CCN(CC3CCCC3)CC2)C1. The summed E-state index contributed by atoms with van der Waals surface area (Å²) in [7, 11) is 0. The smallest absolute Gasteiger partial charge is 0.354 e. The number of para-hydroxylation sites is 1. The molecule has 1 saturated heterocycles. The van der Waals surface area contributed by atoms with E-state index in [-0.39, 0.29) is 18.4 Å². The number of likely N-dealkylation sites (tertiary alicyclic amines) is 1. The lowest BCUT2D eigenvalue weighted by Crippen LogP contribution is -2.50. The van der Waals surface area contributed by atoms with Crippen molar-refractivity contribution >= 4 is 23.3 Å². The maximum absolute atomic E-state index is 13.2. The summed E-state index contributed by atoms with van der Waals surface area (Å²) in [6, 6.07) is 9.18. The molecule has 4 rings (SSSR count). The van der Waals surface area contributed by atoms with Gasteiger partial charge in [-0.15, -0.1) is 0 Å². The molecule has 2 heterocycles. The van der Waals surface area contributed by atoms with Gasteiger partial charge in [0.1, 0.15) is 11.8 Å². The van der Waals surface area contributed by atoms with Gasteiger partial charge >= 0.3 is 5.97 Å². The second kappa shape index (κ2) is 10.3. The zero-order valence-electron chi connectivity index (χ0n) is 18.5. The first kappa shape index (κ1) is 21.8. The number of benzene rings is 1. The van der Waals surface area contributed by atoms with Crippen LogP contribution in [0.3, 0.4) is 0 Å². The van der Waals surface area contributed by atoms with Crippen molar-refractivity contribution in [1.29, 1.82) is 0 Å². The van der Waals surface area contributed by atoms with Gasteiger partial charge in [-0.1, -0.05) is 31.0 Å². The molecule has 1 atom stereocenters. The summed E-state index contributed by atoms with van der Waals surface area (Å²) < 4.78 is 5.12. The molecule has 1 aromatic rings. The molecule has 3 aliphatic rings. The Labute approximate surface area is 184 Å². The van der Waals surface area contributed by atoms with Crippen LogP contribution in [0.4, 0.5) is 5.69 Å².